The standard InChI is InChI=1S/C15H23N/c1-16-12-6-11-15(13-16)10-5-9-14-7-3-2-4-8-14/h2-4,7-8,15H,5-6,9-13H2,1H3. The molecule has 1 saturated heterocycles. The molecule has 2 rings (SSSR count). The third-order valence-corrected chi connectivity index (χ3v) is 3.64. The number of rotatable bonds is 4. The SMILES string of the molecule is CN1CCCC(CCCc2ccccc2)C1. The molecule has 0 bridgehead atoms. The first-order valence-electron chi connectivity index (χ1n) is 6.57. The largest absolute Gasteiger partial charge is 0.306 e. The van der Waals surface area contributed by atoms with E-state index in [-0.39, 0.29) is 0 Å². The van der Waals surface area contributed by atoms with Gasteiger partial charge in [-0.15, -0.1) is 0 Å². The number of piperidine rings is 1. The van der Waals surface area contributed by atoms with Crippen molar-refractivity contribution in [3.63, 3.8) is 0 Å². The van der Waals surface area contributed by atoms with Gasteiger partial charge in [0.05, 0.1) is 0 Å². The van der Waals surface area contributed by atoms with Gasteiger partial charge in [0.15, 0.2) is 0 Å². The fraction of sp³-hybridized carbons (Fsp3) is 0.600. The second-order valence-corrected chi connectivity index (χ2v) is 5.15. The van der Waals surface area contributed by atoms with Crippen molar-refractivity contribution in [3.05, 3.63) is 35.9 Å². The van der Waals surface area contributed by atoms with Gasteiger partial charge in [-0.05, 0) is 57.2 Å². The lowest BCUT2D eigenvalue weighted by atomic mass is 9.92. The maximum atomic E-state index is 2.48. The zero-order chi connectivity index (χ0) is 11.2. The van der Waals surface area contributed by atoms with Crippen molar-refractivity contribution in [2.45, 2.75) is 32.1 Å². The summed E-state index contributed by atoms with van der Waals surface area (Å²) in [6.07, 6.45) is 6.84. The highest BCUT2D eigenvalue weighted by atomic mass is 15.1. The smallest absolute Gasteiger partial charge is 0.000662 e. The van der Waals surface area contributed by atoms with E-state index in [4.69, 9.17) is 0 Å². The van der Waals surface area contributed by atoms with E-state index in [0.29, 0.717) is 0 Å². The lowest BCUT2D eigenvalue weighted by Gasteiger charge is -2.29. The number of hydrogen-bond donors (Lipinski definition) is 0. The molecule has 1 unspecified atom stereocenters. The summed E-state index contributed by atoms with van der Waals surface area (Å²) in [5, 5.41) is 0. The number of likely N-dealkylation sites (tertiary alicyclic amines) is 1. The molecule has 1 heteroatoms. The van der Waals surface area contributed by atoms with Crippen LogP contribution >= 0.6 is 0 Å². The summed E-state index contributed by atoms with van der Waals surface area (Å²) in [6, 6.07) is 10.9. The quantitative estimate of drug-likeness (QED) is 0.747. The second-order valence-electron chi connectivity index (χ2n) is 5.15. The highest BCUT2D eigenvalue weighted by Gasteiger charge is 2.16. The lowest BCUT2D eigenvalue weighted by Crippen LogP contribution is -2.31. The van der Waals surface area contributed by atoms with Gasteiger partial charge >= 0.3 is 0 Å². The van der Waals surface area contributed by atoms with Crippen LogP contribution in [0.25, 0.3) is 0 Å². The van der Waals surface area contributed by atoms with Crippen molar-refractivity contribution in [1.82, 2.24) is 4.90 Å². The molecule has 0 saturated carbocycles. The van der Waals surface area contributed by atoms with E-state index in [1.165, 1.54) is 50.8 Å². The van der Waals surface area contributed by atoms with E-state index >= 15 is 0 Å². The summed E-state index contributed by atoms with van der Waals surface area (Å²) >= 11 is 0. The van der Waals surface area contributed by atoms with Gasteiger partial charge in [-0.25, -0.2) is 0 Å². The zero-order valence-electron chi connectivity index (χ0n) is 10.4. The highest BCUT2D eigenvalue weighted by molar-refractivity contribution is 5.14. The zero-order valence-corrected chi connectivity index (χ0v) is 10.4. The first kappa shape index (κ1) is 11.7. The molecule has 1 aromatic rings. The Labute approximate surface area is 99.5 Å². The molecule has 1 fully saturated rings. The van der Waals surface area contributed by atoms with Gasteiger partial charge < -0.3 is 4.90 Å². The number of nitrogens with zero attached hydrogens (tertiary/aromatic N) is 1. The molecule has 1 nitrogen and oxygen atoms in total. The van der Waals surface area contributed by atoms with Gasteiger partial charge in [-0.3, -0.25) is 0 Å². The van der Waals surface area contributed by atoms with Gasteiger partial charge in [0, 0.05) is 6.54 Å². The molecule has 1 aromatic carbocycles. The molecule has 0 spiro atoms. The second kappa shape index (κ2) is 6.05. The Hall–Kier alpha value is -0.820. The van der Waals surface area contributed by atoms with Crippen LogP contribution in [-0.2, 0) is 6.42 Å². The third kappa shape index (κ3) is 3.64. The molecule has 0 amide bonds. The van der Waals surface area contributed by atoms with E-state index in [1.54, 1.807) is 0 Å². The normalized spacial score (nSPS) is 22.2. The molecule has 1 atom stereocenters. The topological polar surface area (TPSA) is 3.24 Å². The highest BCUT2D eigenvalue weighted by Crippen LogP contribution is 2.20. The van der Waals surface area contributed by atoms with E-state index in [0.717, 1.165) is 5.92 Å². The van der Waals surface area contributed by atoms with Crippen LogP contribution in [0.3, 0.4) is 0 Å². The summed E-state index contributed by atoms with van der Waals surface area (Å²) in [4.78, 5) is 2.48. The number of hydrogen-bond acceptors (Lipinski definition) is 1. The van der Waals surface area contributed by atoms with Crippen LogP contribution in [0.2, 0.25) is 0 Å². The molecule has 0 N–H and O–H groups in total. The van der Waals surface area contributed by atoms with E-state index in [9.17, 15) is 0 Å². The Bertz CT molecular complexity index is 294. The lowest BCUT2D eigenvalue weighted by molar-refractivity contribution is 0.200. The summed E-state index contributed by atoms with van der Waals surface area (Å²) in [5.74, 6) is 0.947. The summed E-state index contributed by atoms with van der Waals surface area (Å²) in [7, 11) is 2.25. The van der Waals surface area contributed by atoms with E-state index in [2.05, 4.69) is 42.3 Å². The predicted molar refractivity (Wildman–Crippen MR) is 69.6 cm³/mol. The van der Waals surface area contributed by atoms with Crippen LogP contribution in [0, 0.1) is 5.92 Å². The van der Waals surface area contributed by atoms with Crippen LogP contribution in [0.1, 0.15) is 31.2 Å². The third-order valence-electron chi connectivity index (χ3n) is 3.64. The van der Waals surface area contributed by atoms with Crippen molar-refractivity contribution in [2.75, 3.05) is 20.1 Å². The van der Waals surface area contributed by atoms with Crippen molar-refractivity contribution in [3.8, 4) is 0 Å². The monoisotopic (exact) mass is 217 g/mol. The Balaban J connectivity index is 1.68. The van der Waals surface area contributed by atoms with Gasteiger partial charge in [-0.1, -0.05) is 30.3 Å². The fourth-order valence-corrected chi connectivity index (χ4v) is 2.75. The molecule has 0 radical (unpaired) electrons. The van der Waals surface area contributed by atoms with Crippen molar-refractivity contribution in [2.24, 2.45) is 5.92 Å². The van der Waals surface area contributed by atoms with Crippen molar-refractivity contribution in [1.29, 1.82) is 0 Å². The first-order valence-corrected chi connectivity index (χ1v) is 6.57. The fourth-order valence-electron chi connectivity index (χ4n) is 2.75. The average Bonchev–Trinajstić information content (AvgIpc) is 2.30. The van der Waals surface area contributed by atoms with Crippen LogP contribution in [0.4, 0.5) is 0 Å². The minimum absolute atomic E-state index is 0.947. The van der Waals surface area contributed by atoms with Gasteiger partial charge in [-0.2, -0.15) is 0 Å². The molecule has 16 heavy (non-hydrogen) atoms. The van der Waals surface area contributed by atoms with Gasteiger partial charge in [0.25, 0.3) is 0 Å². The Morgan fingerprint density at radius 1 is 1.25 bits per heavy atom. The summed E-state index contributed by atoms with van der Waals surface area (Å²) in [6.45, 7) is 2.62. The maximum absolute atomic E-state index is 2.48. The molecule has 1 aliphatic rings. The first-order chi connectivity index (χ1) is 7.84. The molecule has 0 aliphatic carbocycles. The van der Waals surface area contributed by atoms with Crippen LogP contribution in [-0.4, -0.2) is 25.0 Å². The van der Waals surface area contributed by atoms with Crippen LogP contribution < -0.4 is 0 Å². The summed E-state index contributed by atoms with van der Waals surface area (Å²) in [5.41, 5.74) is 1.49. The average molecular weight is 217 g/mol. The number of benzene rings is 1. The van der Waals surface area contributed by atoms with Crippen LogP contribution in [0.15, 0.2) is 30.3 Å². The van der Waals surface area contributed by atoms with Gasteiger partial charge in [0.1, 0.15) is 0 Å². The molecular weight excluding hydrogens is 194 g/mol. The van der Waals surface area contributed by atoms with Crippen molar-refractivity contribution < 1.29 is 0 Å². The van der Waals surface area contributed by atoms with E-state index in [1.807, 2.05) is 0 Å². The molecule has 0 aromatic heterocycles. The van der Waals surface area contributed by atoms with E-state index < -0.39 is 0 Å². The minimum Gasteiger partial charge on any atom is -0.306 e. The maximum Gasteiger partial charge on any atom is 0.000662 e. The predicted octanol–water partition coefficient (Wildman–Crippen LogP) is 3.35. The number of aryl methyl sites for hydroxylation is 1. The van der Waals surface area contributed by atoms with Crippen molar-refractivity contribution >= 4 is 0 Å². The molecule has 1 heterocycles. The Kier molecular flexibility index (Phi) is 4.41. The minimum atomic E-state index is 0.947. The van der Waals surface area contributed by atoms with Crippen LogP contribution in [0.5, 0.6) is 0 Å². The Morgan fingerprint density at radius 2 is 2.06 bits per heavy atom. The molecule has 88 valence electrons. The molecule has 1 aliphatic heterocycles. The van der Waals surface area contributed by atoms with Gasteiger partial charge in [0.2, 0.25) is 0 Å². The molecular formula is C15H23N. The Morgan fingerprint density at radius 3 is 2.81 bits per heavy atom. The summed E-state index contributed by atoms with van der Waals surface area (Å²) < 4.78 is 0.